The molecular weight excluding hydrogens is 302 g/mol. The van der Waals surface area contributed by atoms with Gasteiger partial charge in [0.15, 0.2) is 6.04 Å². The Morgan fingerprint density at radius 3 is 2.24 bits per heavy atom. The fraction of sp³-hybridized carbons (Fsp3) is 0.273. The highest BCUT2D eigenvalue weighted by Crippen LogP contribution is 2.08. The van der Waals surface area contributed by atoms with Gasteiger partial charge in [-0.05, 0) is 17.7 Å². The van der Waals surface area contributed by atoms with Crippen molar-refractivity contribution in [1.29, 1.82) is 0 Å². The predicted octanol–water partition coefficient (Wildman–Crippen LogP) is -1.42. The lowest BCUT2D eigenvalue weighted by Crippen LogP contribution is -2.47. The van der Waals surface area contributed by atoms with Crippen molar-refractivity contribution < 1.29 is 28.2 Å². The largest absolute Gasteiger partial charge is 0.480 e. The van der Waals surface area contributed by atoms with Gasteiger partial charge >= 0.3 is 12.0 Å². The Hall–Kier alpha value is -2.17. The Bertz CT molecular complexity index is 613. The topological polar surface area (TPSA) is 159 Å². The number of rotatable bonds is 6. The second kappa shape index (κ2) is 7.02. The van der Waals surface area contributed by atoms with Gasteiger partial charge in [0.2, 0.25) is 10.0 Å². The van der Waals surface area contributed by atoms with Crippen molar-refractivity contribution in [3.8, 4) is 0 Å². The third-order valence-corrected chi connectivity index (χ3v) is 3.42. The van der Waals surface area contributed by atoms with E-state index in [1.807, 2.05) is 0 Å². The fourth-order valence-electron chi connectivity index (χ4n) is 1.37. The summed E-state index contributed by atoms with van der Waals surface area (Å²) in [4.78, 5) is 22.0. The number of benzene rings is 1. The molecule has 116 valence electrons. The molecule has 0 aliphatic carbocycles. The highest BCUT2D eigenvalue weighted by molar-refractivity contribution is 7.89. The van der Waals surface area contributed by atoms with Crippen LogP contribution in [0.3, 0.4) is 0 Å². The van der Waals surface area contributed by atoms with E-state index in [4.69, 9.17) is 15.4 Å². The second-order valence-electron chi connectivity index (χ2n) is 4.09. The standard InChI is InChI=1S/C11H15N3O6S/c12-21(19,20)8-3-1-7(2-4-8)5-13-11(18)14-9(6-15)10(16)17/h1-4,9,15H,5-6H2,(H,16,17)(H2,12,19,20)(H2,13,14,18). The van der Waals surface area contributed by atoms with Gasteiger partial charge < -0.3 is 20.8 Å². The Balaban J connectivity index is 2.56. The van der Waals surface area contributed by atoms with Gasteiger partial charge in [-0.2, -0.15) is 0 Å². The van der Waals surface area contributed by atoms with Crippen molar-refractivity contribution >= 4 is 22.0 Å². The fourth-order valence-corrected chi connectivity index (χ4v) is 1.89. The molecule has 0 aromatic heterocycles. The van der Waals surface area contributed by atoms with Gasteiger partial charge in [-0.1, -0.05) is 12.1 Å². The zero-order valence-electron chi connectivity index (χ0n) is 10.8. The number of nitrogens with one attached hydrogen (secondary N) is 2. The van der Waals surface area contributed by atoms with Crippen LogP contribution in [0.5, 0.6) is 0 Å². The lowest BCUT2D eigenvalue weighted by Gasteiger charge is -2.12. The Kier molecular flexibility index (Phi) is 5.64. The van der Waals surface area contributed by atoms with E-state index in [0.29, 0.717) is 5.56 Å². The van der Waals surface area contributed by atoms with Crippen LogP contribution >= 0.6 is 0 Å². The third kappa shape index (κ3) is 5.38. The number of carbonyl (C=O) groups excluding carboxylic acids is 1. The quantitative estimate of drug-likeness (QED) is 0.433. The molecule has 0 saturated heterocycles. The van der Waals surface area contributed by atoms with Crippen molar-refractivity contribution in [2.75, 3.05) is 6.61 Å². The number of nitrogens with two attached hydrogens (primary N) is 1. The maximum absolute atomic E-state index is 11.4. The van der Waals surface area contributed by atoms with E-state index in [1.165, 1.54) is 24.3 Å². The zero-order valence-corrected chi connectivity index (χ0v) is 11.6. The lowest BCUT2D eigenvalue weighted by atomic mass is 10.2. The average Bonchev–Trinajstić information content (AvgIpc) is 2.41. The van der Waals surface area contributed by atoms with Gasteiger partial charge in [-0.3, -0.25) is 0 Å². The average molecular weight is 317 g/mol. The number of aliphatic carboxylic acids is 1. The van der Waals surface area contributed by atoms with Crippen molar-refractivity contribution in [2.24, 2.45) is 5.14 Å². The predicted molar refractivity (Wildman–Crippen MR) is 71.7 cm³/mol. The zero-order chi connectivity index (χ0) is 16.0. The van der Waals surface area contributed by atoms with Crippen molar-refractivity contribution in [2.45, 2.75) is 17.5 Å². The Morgan fingerprint density at radius 2 is 1.81 bits per heavy atom. The van der Waals surface area contributed by atoms with E-state index < -0.39 is 34.7 Å². The van der Waals surface area contributed by atoms with Crippen LogP contribution in [0, 0.1) is 0 Å². The van der Waals surface area contributed by atoms with Crippen LogP contribution in [-0.4, -0.2) is 43.3 Å². The maximum atomic E-state index is 11.4. The first kappa shape index (κ1) is 16.9. The summed E-state index contributed by atoms with van der Waals surface area (Å²) in [6, 6.07) is 3.33. The summed E-state index contributed by atoms with van der Waals surface area (Å²) in [5, 5.41) is 26.8. The SMILES string of the molecule is NS(=O)(=O)c1ccc(CNC(=O)NC(CO)C(=O)O)cc1. The molecule has 1 aromatic carbocycles. The molecule has 1 unspecified atom stereocenters. The summed E-state index contributed by atoms with van der Waals surface area (Å²) in [6.07, 6.45) is 0. The second-order valence-corrected chi connectivity index (χ2v) is 5.65. The molecule has 0 aliphatic heterocycles. The van der Waals surface area contributed by atoms with Gasteiger partial charge in [0.05, 0.1) is 11.5 Å². The molecule has 0 spiro atoms. The number of primary sulfonamides is 1. The molecule has 0 aliphatic rings. The first-order valence-corrected chi connectivity index (χ1v) is 7.28. The number of hydrogen-bond acceptors (Lipinski definition) is 5. The minimum atomic E-state index is -3.77. The first-order valence-electron chi connectivity index (χ1n) is 5.74. The number of carboxylic acids is 1. The van der Waals surface area contributed by atoms with E-state index in [0.717, 1.165) is 0 Å². The molecule has 10 heteroatoms. The number of urea groups is 1. The van der Waals surface area contributed by atoms with Gasteiger partial charge in [0.1, 0.15) is 0 Å². The van der Waals surface area contributed by atoms with Gasteiger partial charge in [0, 0.05) is 6.54 Å². The highest BCUT2D eigenvalue weighted by Gasteiger charge is 2.18. The molecule has 0 heterocycles. The molecule has 0 radical (unpaired) electrons. The molecular formula is C11H15N3O6S. The van der Waals surface area contributed by atoms with Crippen LogP contribution < -0.4 is 15.8 Å². The molecule has 21 heavy (non-hydrogen) atoms. The minimum Gasteiger partial charge on any atom is -0.480 e. The van der Waals surface area contributed by atoms with Gasteiger partial charge in [0.25, 0.3) is 0 Å². The van der Waals surface area contributed by atoms with E-state index >= 15 is 0 Å². The molecule has 1 aromatic rings. The van der Waals surface area contributed by atoms with Crippen LogP contribution in [0.4, 0.5) is 4.79 Å². The summed E-state index contributed by atoms with van der Waals surface area (Å²) in [5.74, 6) is -1.36. The first-order chi connectivity index (χ1) is 9.74. The summed E-state index contributed by atoms with van der Waals surface area (Å²) >= 11 is 0. The number of carboxylic acid groups (broad SMARTS) is 1. The summed E-state index contributed by atoms with van der Waals surface area (Å²) in [6.45, 7) is -0.680. The summed E-state index contributed by atoms with van der Waals surface area (Å²) in [5.41, 5.74) is 0.591. The van der Waals surface area contributed by atoms with Gasteiger partial charge in [-0.15, -0.1) is 0 Å². The number of carbonyl (C=O) groups is 2. The number of sulfonamides is 1. The van der Waals surface area contributed by atoms with Crippen molar-refractivity contribution in [3.63, 3.8) is 0 Å². The third-order valence-electron chi connectivity index (χ3n) is 2.49. The van der Waals surface area contributed by atoms with Crippen molar-refractivity contribution in [3.05, 3.63) is 29.8 Å². The molecule has 9 nitrogen and oxygen atoms in total. The van der Waals surface area contributed by atoms with E-state index in [-0.39, 0.29) is 11.4 Å². The van der Waals surface area contributed by atoms with Crippen LogP contribution in [0.2, 0.25) is 0 Å². The smallest absolute Gasteiger partial charge is 0.328 e. The number of hydrogen-bond donors (Lipinski definition) is 5. The van der Waals surface area contributed by atoms with E-state index in [2.05, 4.69) is 10.6 Å². The number of aliphatic hydroxyl groups is 1. The molecule has 6 N–H and O–H groups in total. The van der Waals surface area contributed by atoms with Gasteiger partial charge in [-0.25, -0.2) is 23.1 Å². The molecule has 2 amide bonds. The lowest BCUT2D eigenvalue weighted by molar-refractivity contribution is -0.140. The van der Waals surface area contributed by atoms with E-state index in [1.54, 1.807) is 0 Å². The Labute approximate surface area is 120 Å². The highest BCUT2D eigenvalue weighted by atomic mass is 32.2. The molecule has 1 atom stereocenters. The van der Waals surface area contributed by atoms with Crippen molar-refractivity contribution in [1.82, 2.24) is 10.6 Å². The maximum Gasteiger partial charge on any atom is 0.328 e. The molecule has 0 bridgehead atoms. The van der Waals surface area contributed by atoms with E-state index in [9.17, 15) is 18.0 Å². The minimum absolute atomic E-state index is 0.0501. The molecule has 1 rings (SSSR count). The van der Waals surface area contributed by atoms with Crippen LogP contribution in [0.1, 0.15) is 5.56 Å². The summed E-state index contributed by atoms with van der Waals surface area (Å²) in [7, 11) is -3.77. The molecule has 0 saturated carbocycles. The van der Waals surface area contributed by atoms with Crippen LogP contribution in [0.25, 0.3) is 0 Å². The normalized spacial score (nSPS) is 12.5. The van der Waals surface area contributed by atoms with Crippen LogP contribution in [-0.2, 0) is 21.4 Å². The Morgan fingerprint density at radius 1 is 1.24 bits per heavy atom. The monoisotopic (exact) mass is 317 g/mol. The van der Waals surface area contributed by atoms with Crippen LogP contribution in [0.15, 0.2) is 29.2 Å². The summed E-state index contributed by atoms with van der Waals surface area (Å²) < 4.78 is 22.1. The number of amides is 2. The number of aliphatic hydroxyl groups excluding tert-OH is 1. The molecule has 0 fully saturated rings.